The van der Waals surface area contributed by atoms with E-state index >= 15 is 0 Å². The fraction of sp³-hybridized carbons (Fsp3) is 1.00. The highest BCUT2D eigenvalue weighted by molar-refractivity contribution is 4.91. The minimum atomic E-state index is 0.0990. The molecule has 1 rings (SSSR count). The third kappa shape index (κ3) is 3.95. The largest absolute Gasteiger partial charge is 0.385 e. The number of nitrogens with zero attached hydrogens (tertiary/aromatic N) is 1. The first-order valence-electron chi connectivity index (χ1n) is 5.63. The van der Waals surface area contributed by atoms with E-state index in [-0.39, 0.29) is 5.54 Å². The summed E-state index contributed by atoms with van der Waals surface area (Å²) < 4.78 is 5.03. The van der Waals surface area contributed by atoms with Crippen LogP contribution < -0.4 is 5.73 Å². The van der Waals surface area contributed by atoms with Crippen LogP contribution in [0.3, 0.4) is 0 Å². The van der Waals surface area contributed by atoms with E-state index in [2.05, 4.69) is 11.9 Å². The van der Waals surface area contributed by atoms with Gasteiger partial charge in [-0.3, -0.25) is 0 Å². The second-order valence-corrected chi connectivity index (χ2v) is 4.65. The molecule has 1 fully saturated rings. The van der Waals surface area contributed by atoms with Crippen molar-refractivity contribution in [2.45, 2.75) is 37.6 Å². The third-order valence-electron chi connectivity index (χ3n) is 3.07. The van der Waals surface area contributed by atoms with E-state index in [1.807, 2.05) is 0 Å². The molecule has 3 heteroatoms. The van der Waals surface area contributed by atoms with Crippen molar-refractivity contribution in [3.63, 3.8) is 0 Å². The van der Waals surface area contributed by atoms with Crippen LogP contribution in [-0.4, -0.2) is 44.3 Å². The summed E-state index contributed by atoms with van der Waals surface area (Å²) in [6.45, 7) is 2.98. The fourth-order valence-corrected chi connectivity index (χ4v) is 2.33. The Hall–Kier alpha value is -0.120. The van der Waals surface area contributed by atoms with Crippen molar-refractivity contribution in [2.24, 2.45) is 5.73 Å². The van der Waals surface area contributed by atoms with Gasteiger partial charge in [0, 0.05) is 32.3 Å². The smallest absolute Gasteiger partial charge is 0.0474 e. The van der Waals surface area contributed by atoms with Gasteiger partial charge in [-0.2, -0.15) is 0 Å². The second kappa shape index (κ2) is 5.69. The van der Waals surface area contributed by atoms with Gasteiger partial charge < -0.3 is 15.4 Å². The molecule has 0 bridgehead atoms. The third-order valence-corrected chi connectivity index (χ3v) is 3.07. The predicted molar refractivity (Wildman–Crippen MR) is 59.4 cm³/mol. The monoisotopic (exact) mass is 200 g/mol. The maximum atomic E-state index is 6.29. The van der Waals surface area contributed by atoms with Crippen LogP contribution in [-0.2, 0) is 4.74 Å². The van der Waals surface area contributed by atoms with Crippen LogP contribution in [0.25, 0.3) is 0 Å². The Morgan fingerprint density at radius 3 is 2.57 bits per heavy atom. The lowest BCUT2D eigenvalue weighted by Gasteiger charge is -2.29. The Labute approximate surface area is 87.6 Å². The molecular weight excluding hydrogens is 176 g/mol. The van der Waals surface area contributed by atoms with Crippen molar-refractivity contribution in [1.82, 2.24) is 4.90 Å². The molecule has 0 aliphatic heterocycles. The molecule has 0 aromatic carbocycles. The molecule has 1 saturated carbocycles. The summed E-state index contributed by atoms with van der Waals surface area (Å²) in [4.78, 5) is 2.34. The highest BCUT2D eigenvalue weighted by Gasteiger charge is 2.29. The van der Waals surface area contributed by atoms with Crippen LogP contribution in [0.1, 0.15) is 32.1 Å². The van der Waals surface area contributed by atoms with E-state index in [0.29, 0.717) is 0 Å². The summed E-state index contributed by atoms with van der Waals surface area (Å²) in [5, 5.41) is 0. The summed E-state index contributed by atoms with van der Waals surface area (Å²) in [6.07, 6.45) is 6.11. The number of hydrogen-bond donors (Lipinski definition) is 1. The molecule has 0 saturated heterocycles. The van der Waals surface area contributed by atoms with Crippen LogP contribution in [0.4, 0.5) is 0 Å². The first kappa shape index (κ1) is 12.0. The van der Waals surface area contributed by atoms with Gasteiger partial charge >= 0.3 is 0 Å². The van der Waals surface area contributed by atoms with Crippen LogP contribution in [0.5, 0.6) is 0 Å². The minimum Gasteiger partial charge on any atom is -0.385 e. The number of likely N-dealkylation sites (N-methyl/N-ethyl adjacent to an activating group) is 1. The summed E-state index contributed by atoms with van der Waals surface area (Å²) in [5.41, 5.74) is 6.39. The van der Waals surface area contributed by atoms with Crippen molar-refractivity contribution in [2.75, 3.05) is 33.9 Å². The quantitative estimate of drug-likeness (QED) is 0.655. The van der Waals surface area contributed by atoms with E-state index in [1.54, 1.807) is 7.11 Å². The molecule has 0 atom stereocenters. The normalized spacial score (nSPS) is 20.6. The summed E-state index contributed by atoms with van der Waals surface area (Å²) in [5.74, 6) is 0. The summed E-state index contributed by atoms with van der Waals surface area (Å²) in [7, 11) is 3.91. The molecule has 84 valence electrons. The molecule has 3 nitrogen and oxygen atoms in total. The Kier molecular flexibility index (Phi) is 4.85. The molecule has 0 spiro atoms. The second-order valence-electron chi connectivity index (χ2n) is 4.65. The molecule has 1 aliphatic rings. The first-order chi connectivity index (χ1) is 6.66. The topological polar surface area (TPSA) is 38.5 Å². The van der Waals surface area contributed by atoms with Gasteiger partial charge in [-0.15, -0.1) is 0 Å². The zero-order valence-electron chi connectivity index (χ0n) is 9.59. The SMILES string of the molecule is COCCCN(C)CC1(N)CCCC1. The van der Waals surface area contributed by atoms with E-state index in [1.165, 1.54) is 25.7 Å². The lowest BCUT2D eigenvalue weighted by molar-refractivity contribution is 0.170. The van der Waals surface area contributed by atoms with Crippen LogP contribution in [0, 0.1) is 0 Å². The van der Waals surface area contributed by atoms with Gasteiger partial charge in [0.2, 0.25) is 0 Å². The van der Waals surface area contributed by atoms with E-state index in [0.717, 1.165) is 26.1 Å². The number of nitrogens with two attached hydrogens (primary N) is 1. The molecule has 0 unspecified atom stereocenters. The van der Waals surface area contributed by atoms with Gasteiger partial charge in [0.05, 0.1) is 0 Å². The Bertz CT molecular complexity index is 155. The number of hydrogen-bond acceptors (Lipinski definition) is 3. The maximum Gasteiger partial charge on any atom is 0.0474 e. The lowest BCUT2D eigenvalue weighted by Crippen LogP contribution is -2.47. The highest BCUT2D eigenvalue weighted by atomic mass is 16.5. The highest BCUT2D eigenvalue weighted by Crippen LogP contribution is 2.27. The van der Waals surface area contributed by atoms with Crippen LogP contribution in [0.15, 0.2) is 0 Å². The average molecular weight is 200 g/mol. The number of ether oxygens (including phenoxy) is 1. The Morgan fingerprint density at radius 1 is 1.36 bits per heavy atom. The van der Waals surface area contributed by atoms with Crippen LogP contribution >= 0.6 is 0 Å². The maximum absolute atomic E-state index is 6.29. The van der Waals surface area contributed by atoms with Gasteiger partial charge in [0.25, 0.3) is 0 Å². The van der Waals surface area contributed by atoms with Crippen molar-refractivity contribution in [1.29, 1.82) is 0 Å². The van der Waals surface area contributed by atoms with Crippen molar-refractivity contribution in [3.05, 3.63) is 0 Å². The standard InChI is InChI=1S/C11H24N2O/c1-13(8-5-9-14-2)10-11(12)6-3-4-7-11/h3-10,12H2,1-2H3. The molecule has 1 aliphatic carbocycles. The van der Waals surface area contributed by atoms with Gasteiger partial charge in [0.1, 0.15) is 0 Å². The van der Waals surface area contributed by atoms with Gasteiger partial charge in [-0.05, 0) is 26.3 Å². The van der Waals surface area contributed by atoms with E-state index in [9.17, 15) is 0 Å². The molecule has 0 amide bonds. The summed E-state index contributed by atoms with van der Waals surface area (Å²) >= 11 is 0. The van der Waals surface area contributed by atoms with E-state index < -0.39 is 0 Å². The molecular formula is C11H24N2O. The fourth-order valence-electron chi connectivity index (χ4n) is 2.33. The first-order valence-corrected chi connectivity index (χ1v) is 5.63. The van der Waals surface area contributed by atoms with E-state index in [4.69, 9.17) is 10.5 Å². The van der Waals surface area contributed by atoms with Crippen molar-refractivity contribution < 1.29 is 4.74 Å². The average Bonchev–Trinajstić information content (AvgIpc) is 2.52. The van der Waals surface area contributed by atoms with Gasteiger partial charge in [0.15, 0.2) is 0 Å². The number of methoxy groups -OCH3 is 1. The van der Waals surface area contributed by atoms with Gasteiger partial charge in [-0.25, -0.2) is 0 Å². The molecule has 0 radical (unpaired) electrons. The predicted octanol–water partition coefficient (Wildman–Crippen LogP) is 1.23. The Balaban J connectivity index is 2.15. The van der Waals surface area contributed by atoms with Gasteiger partial charge in [-0.1, -0.05) is 12.8 Å². The van der Waals surface area contributed by atoms with Crippen LogP contribution in [0.2, 0.25) is 0 Å². The minimum absolute atomic E-state index is 0.0990. The molecule has 0 heterocycles. The molecule has 0 aromatic heterocycles. The zero-order chi connectivity index (χ0) is 10.4. The molecule has 2 N–H and O–H groups in total. The molecule has 14 heavy (non-hydrogen) atoms. The summed E-state index contributed by atoms with van der Waals surface area (Å²) in [6, 6.07) is 0. The van der Waals surface area contributed by atoms with Crippen molar-refractivity contribution in [3.8, 4) is 0 Å². The number of rotatable bonds is 6. The molecule has 0 aromatic rings. The zero-order valence-corrected chi connectivity index (χ0v) is 9.59. The van der Waals surface area contributed by atoms with Crippen molar-refractivity contribution >= 4 is 0 Å². The Morgan fingerprint density at radius 2 is 2.00 bits per heavy atom. The lowest BCUT2D eigenvalue weighted by atomic mass is 9.99.